The lowest BCUT2D eigenvalue weighted by molar-refractivity contribution is -0.141. The van der Waals surface area contributed by atoms with E-state index in [0.717, 1.165) is 0 Å². The highest BCUT2D eigenvalue weighted by molar-refractivity contribution is 5.94. The first-order valence-electron chi connectivity index (χ1n) is 9.27. The second-order valence-corrected chi connectivity index (χ2v) is 7.08. The number of nitrogens with two attached hydrogens (primary N) is 3. The number of hydrogen-bond donors (Lipinski definition) is 4. The second kappa shape index (κ2) is 9.33. The number of carbonyl (C=O) groups is 4. The molecule has 2 fully saturated rings. The highest BCUT2D eigenvalue weighted by atomic mass is 16.2. The molecular formula is C17H28N6O4. The van der Waals surface area contributed by atoms with E-state index in [1.807, 2.05) is 0 Å². The highest BCUT2D eigenvalue weighted by Crippen LogP contribution is 2.23. The molecule has 0 bridgehead atoms. The van der Waals surface area contributed by atoms with E-state index in [1.54, 1.807) is 0 Å². The third-order valence-corrected chi connectivity index (χ3v) is 5.04. The van der Waals surface area contributed by atoms with Crippen LogP contribution < -0.4 is 22.5 Å². The molecule has 0 aromatic carbocycles. The molecule has 2 rings (SSSR count). The molecule has 10 heteroatoms. The predicted molar refractivity (Wildman–Crippen MR) is 98.1 cm³/mol. The van der Waals surface area contributed by atoms with Crippen LogP contribution in [0, 0.1) is 5.92 Å². The summed E-state index contributed by atoms with van der Waals surface area (Å²) in [5.74, 6) is -1.59. The van der Waals surface area contributed by atoms with Gasteiger partial charge in [0.05, 0.1) is 0 Å². The molecule has 150 valence electrons. The van der Waals surface area contributed by atoms with Crippen LogP contribution in [0.25, 0.3) is 0 Å². The van der Waals surface area contributed by atoms with Crippen molar-refractivity contribution in [1.29, 1.82) is 0 Å². The Bertz CT molecular complexity index is 631. The highest BCUT2D eigenvalue weighted by Gasteiger charge is 2.37. The first-order valence-corrected chi connectivity index (χ1v) is 9.27. The fourth-order valence-corrected chi connectivity index (χ4v) is 3.61. The fraction of sp³-hybridized carbons (Fsp3) is 0.706. The molecule has 2 aliphatic rings. The van der Waals surface area contributed by atoms with Crippen molar-refractivity contribution in [1.82, 2.24) is 10.2 Å². The van der Waals surface area contributed by atoms with Gasteiger partial charge in [0.15, 0.2) is 5.96 Å². The topological polar surface area (TPSA) is 174 Å². The van der Waals surface area contributed by atoms with Gasteiger partial charge >= 0.3 is 0 Å². The molecule has 0 aromatic heterocycles. The summed E-state index contributed by atoms with van der Waals surface area (Å²) in [6, 6.07) is -1.45. The zero-order valence-electron chi connectivity index (χ0n) is 15.4. The predicted octanol–water partition coefficient (Wildman–Crippen LogP) is -1.63. The van der Waals surface area contributed by atoms with Gasteiger partial charge in [-0.05, 0) is 32.1 Å². The molecule has 3 amide bonds. The van der Waals surface area contributed by atoms with Crippen LogP contribution in [0.2, 0.25) is 0 Å². The molecule has 1 aliphatic heterocycles. The summed E-state index contributed by atoms with van der Waals surface area (Å²) < 4.78 is 0. The van der Waals surface area contributed by atoms with Gasteiger partial charge in [0.1, 0.15) is 17.9 Å². The monoisotopic (exact) mass is 380 g/mol. The van der Waals surface area contributed by atoms with Crippen LogP contribution in [0.3, 0.4) is 0 Å². The number of hydrogen-bond acceptors (Lipinski definition) is 5. The van der Waals surface area contributed by atoms with Gasteiger partial charge in [-0.2, -0.15) is 0 Å². The SMILES string of the molecule is NC(=O)[C@@H]1CCCN1C(=O)[C@H](CCCN=C(N)N)NC(=O)C1CCC(=O)C1. The number of aliphatic imine (C=N–C) groups is 1. The minimum absolute atomic E-state index is 0.0419. The molecule has 1 aliphatic carbocycles. The number of ketones is 1. The summed E-state index contributed by atoms with van der Waals surface area (Å²) in [6.45, 7) is 0.748. The molecule has 7 N–H and O–H groups in total. The normalized spacial score (nSPS) is 23.1. The average Bonchev–Trinajstić information content (AvgIpc) is 3.25. The summed E-state index contributed by atoms with van der Waals surface area (Å²) in [4.78, 5) is 53.8. The van der Waals surface area contributed by atoms with Gasteiger partial charge in [-0.15, -0.1) is 0 Å². The van der Waals surface area contributed by atoms with Crippen LogP contribution in [0.4, 0.5) is 0 Å². The van der Waals surface area contributed by atoms with Crippen molar-refractivity contribution in [2.75, 3.05) is 13.1 Å². The molecular weight excluding hydrogens is 352 g/mol. The Morgan fingerprint density at radius 2 is 1.96 bits per heavy atom. The lowest BCUT2D eigenvalue weighted by Gasteiger charge is -2.28. The Morgan fingerprint density at radius 3 is 2.56 bits per heavy atom. The van der Waals surface area contributed by atoms with Gasteiger partial charge in [0, 0.05) is 31.8 Å². The van der Waals surface area contributed by atoms with Gasteiger partial charge in [-0.1, -0.05) is 0 Å². The Balaban J connectivity index is 2.04. The van der Waals surface area contributed by atoms with E-state index in [4.69, 9.17) is 17.2 Å². The van der Waals surface area contributed by atoms with E-state index >= 15 is 0 Å². The number of primary amides is 1. The number of rotatable bonds is 8. The van der Waals surface area contributed by atoms with Crippen molar-refractivity contribution in [2.24, 2.45) is 28.1 Å². The second-order valence-electron chi connectivity index (χ2n) is 7.08. The molecule has 3 atom stereocenters. The third kappa shape index (κ3) is 5.66. The molecule has 10 nitrogen and oxygen atoms in total. The molecule has 1 saturated heterocycles. The Morgan fingerprint density at radius 1 is 1.22 bits per heavy atom. The van der Waals surface area contributed by atoms with Crippen molar-refractivity contribution in [3.63, 3.8) is 0 Å². The molecule has 0 radical (unpaired) electrons. The molecule has 1 saturated carbocycles. The standard InChI is InChI=1S/C17H28N6O4/c18-14(25)13-4-2-8-23(13)16(27)12(3-1-7-21-17(19)20)22-15(26)10-5-6-11(24)9-10/h10,12-13H,1-9H2,(H2,18,25)(H,22,26)(H4,19,20,21)/t10?,12-,13-/m0/s1. The Labute approximate surface area is 157 Å². The average molecular weight is 380 g/mol. The van der Waals surface area contributed by atoms with Gasteiger partial charge in [0.2, 0.25) is 17.7 Å². The molecule has 0 spiro atoms. The fourth-order valence-electron chi connectivity index (χ4n) is 3.61. The van der Waals surface area contributed by atoms with Crippen LogP contribution in [-0.4, -0.2) is 59.5 Å². The third-order valence-electron chi connectivity index (χ3n) is 5.04. The van der Waals surface area contributed by atoms with Crippen LogP contribution in [0.15, 0.2) is 4.99 Å². The summed E-state index contributed by atoms with van der Waals surface area (Å²) >= 11 is 0. The number of Topliss-reactive ketones (excluding diaryl/α,β-unsaturated/α-hetero) is 1. The Hall–Kier alpha value is -2.65. The van der Waals surface area contributed by atoms with Crippen molar-refractivity contribution >= 4 is 29.5 Å². The maximum absolute atomic E-state index is 13.0. The number of carbonyl (C=O) groups excluding carboxylic acids is 4. The number of guanidine groups is 1. The van der Waals surface area contributed by atoms with E-state index in [0.29, 0.717) is 51.6 Å². The van der Waals surface area contributed by atoms with Crippen LogP contribution >= 0.6 is 0 Å². The number of amides is 3. The van der Waals surface area contributed by atoms with Gasteiger partial charge < -0.3 is 27.4 Å². The van der Waals surface area contributed by atoms with Gasteiger partial charge in [-0.3, -0.25) is 24.2 Å². The zero-order chi connectivity index (χ0) is 20.0. The number of nitrogens with one attached hydrogen (secondary N) is 1. The van der Waals surface area contributed by atoms with E-state index in [-0.39, 0.29) is 30.0 Å². The molecule has 0 aromatic rings. The minimum Gasteiger partial charge on any atom is -0.370 e. The van der Waals surface area contributed by atoms with Gasteiger partial charge in [-0.25, -0.2) is 0 Å². The lowest BCUT2D eigenvalue weighted by atomic mass is 10.0. The van der Waals surface area contributed by atoms with Crippen LogP contribution in [0.5, 0.6) is 0 Å². The minimum atomic E-state index is -0.803. The summed E-state index contributed by atoms with van der Waals surface area (Å²) in [5, 5.41) is 2.76. The Kier molecular flexibility index (Phi) is 7.14. The van der Waals surface area contributed by atoms with Crippen molar-refractivity contribution < 1.29 is 19.2 Å². The van der Waals surface area contributed by atoms with E-state index < -0.39 is 23.9 Å². The van der Waals surface area contributed by atoms with E-state index in [1.165, 1.54) is 4.90 Å². The van der Waals surface area contributed by atoms with E-state index in [2.05, 4.69) is 10.3 Å². The number of likely N-dealkylation sites (tertiary alicyclic amines) is 1. The quantitative estimate of drug-likeness (QED) is 0.223. The lowest BCUT2D eigenvalue weighted by Crippen LogP contribution is -2.53. The summed E-state index contributed by atoms with van der Waals surface area (Å²) in [5.41, 5.74) is 16.0. The smallest absolute Gasteiger partial charge is 0.245 e. The van der Waals surface area contributed by atoms with Crippen LogP contribution in [-0.2, 0) is 19.2 Å². The molecule has 27 heavy (non-hydrogen) atoms. The van der Waals surface area contributed by atoms with Gasteiger partial charge in [0.25, 0.3) is 0 Å². The largest absolute Gasteiger partial charge is 0.370 e. The maximum Gasteiger partial charge on any atom is 0.245 e. The van der Waals surface area contributed by atoms with Crippen LogP contribution in [0.1, 0.15) is 44.9 Å². The molecule has 1 heterocycles. The van der Waals surface area contributed by atoms with E-state index in [9.17, 15) is 19.2 Å². The zero-order valence-corrected chi connectivity index (χ0v) is 15.4. The number of nitrogens with zero attached hydrogens (tertiary/aromatic N) is 2. The summed E-state index contributed by atoms with van der Waals surface area (Å²) in [6.07, 6.45) is 3.09. The van der Waals surface area contributed by atoms with Crippen molar-refractivity contribution in [3.8, 4) is 0 Å². The molecule has 1 unspecified atom stereocenters. The van der Waals surface area contributed by atoms with Crippen molar-refractivity contribution in [2.45, 2.75) is 57.0 Å². The first kappa shape index (κ1) is 20.7. The van der Waals surface area contributed by atoms with Crippen molar-refractivity contribution in [3.05, 3.63) is 0 Å². The summed E-state index contributed by atoms with van der Waals surface area (Å²) in [7, 11) is 0. The maximum atomic E-state index is 13.0. The first-order chi connectivity index (χ1) is 12.8.